The summed E-state index contributed by atoms with van der Waals surface area (Å²) in [5.74, 6) is 0.0158. The highest BCUT2D eigenvalue weighted by atomic mass is 35.5. The van der Waals surface area contributed by atoms with E-state index in [9.17, 15) is 9.59 Å². The Labute approximate surface area is 155 Å². The fourth-order valence-corrected chi connectivity index (χ4v) is 3.36. The van der Waals surface area contributed by atoms with Crippen molar-refractivity contribution in [3.05, 3.63) is 54.5 Å². The van der Waals surface area contributed by atoms with Crippen LogP contribution in [0.4, 0.5) is 5.69 Å². The number of halogens is 2. The van der Waals surface area contributed by atoms with Gasteiger partial charge in [0.25, 0.3) is 0 Å². The molecule has 2 amide bonds. The maximum Gasteiger partial charge on any atom is 0.244 e. The molecule has 25 heavy (non-hydrogen) atoms. The van der Waals surface area contributed by atoms with Crippen LogP contribution in [-0.2, 0) is 16.1 Å². The number of hydrogen-bond donors (Lipinski definition) is 1. The van der Waals surface area contributed by atoms with Crippen molar-refractivity contribution in [3.63, 3.8) is 0 Å². The lowest BCUT2D eigenvalue weighted by Crippen LogP contribution is -2.42. The zero-order valence-corrected chi connectivity index (χ0v) is 15.2. The van der Waals surface area contributed by atoms with E-state index in [1.165, 1.54) is 11.2 Å². The normalized spacial score (nSPS) is 20.8. The van der Waals surface area contributed by atoms with Gasteiger partial charge in [-0.05, 0) is 37.6 Å². The van der Waals surface area contributed by atoms with Crippen LogP contribution in [0.3, 0.4) is 0 Å². The Kier molecular flexibility index (Phi) is 4.80. The third-order valence-corrected chi connectivity index (χ3v) is 5.44. The first-order valence-corrected chi connectivity index (χ1v) is 8.62. The molecule has 2 aromatic rings. The van der Waals surface area contributed by atoms with Gasteiger partial charge >= 0.3 is 0 Å². The van der Waals surface area contributed by atoms with Crippen molar-refractivity contribution in [1.82, 2.24) is 4.90 Å². The first-order chi connectivity index (χ1) is 11.8. The fourth-order valence-electron chi connectivity index (χ4n) is 2.67. The second kappa shape index (κ2) is 6.73. The number of anilines is 1. The topological polar surface area (TPSA) is 62.6 Å². The summed E-state index contributed by atoms with van der Waals surface area (Å²) in [6.07, 6.45) is 1.88. The fraction of sp³-hybridized carbons (Fsp3) is 0.333. The summed E-state index contributed by atoms with van der Waals surface area (Å²) < 4.78 is 4.21. The van der Waals surface area contributed by atoms with Crippen molar-refractivity contribution in [2.45, 2.75) is 24.2 Å². The minimum atomic E-state index is -1.10. The first-order valence-electron chi connectivity index (χ1n) is 7.86. The number of alkyl halides is 2. The van der Waals surface area contributed by atoms with Gasteiger partial charge in [-0.15, -0.1) is 23.2 Å². The lowest BCUT2D eigenvalue weighted by molar-refractivity contribution is -0.140. The predicted octanol–water partition coefficient (Wildman–Crippen LogP) is 3.83. The summed E-state index contributed by atoms with van der Waals surface area (Å²) >= 11 is 12.3. The summed E-state index contributed by atoms with van der Waals surface area (Å²) in [6, 6.07) is 12.5. The molecule has 7 heteroatoms. The number of hydrogen-bond acceptors (Lipinski definition) is 3. The van der Waals surface area contributed by atoms with Gasteiger partial charge in [-0.25, -0.2) is 0 Å². The number of nitrogens with one attached hydrogen (secondary N) is 1. The van der Waals surface area contributed by atoms with Gasteiger partial charge in [0.05, 0.1) is 18.2 Å². The Morgan fingerprint density at radius 3 is 2.44 bits per heavy atom. The number of para-hydroxylation sites is 1. The van der Waals surface area contributed by atoms with Crippen LogP contribution in [0, 0.1) is 5.41 Å². The van der Waals surface area contributed by atoms with E-state index in [0.717, 1.165) is 0 Å². The average Bonchev–Trinajstić information content (AvgIpc) is 2.92. The van der Waals surface area contributed by atoms with Crippen molar-refractivity contribution >= 4 is 40.7 Å². The molecule has 1 aromatic heterocycles. The number of furan rings is 1. The van der Waals surface area contributed by atoms with Crippen LogP contribution in [0.25, 0.3) is 0 Å². The van der Waals surface area contributed by atoms with Crippen molar-refractivity contribution in [1.29, 1.82) is 0 Å². The molecule has 1 saturated carbocycles. The monoisotopic (exact) mass is 380 g/mol. The molecule has 0 bridgehead atoms. The van der Waals surface area contributed by atoms with Crippen molar-refractivity contribution < 1.29 is 14.0 Å². The summed E-state index contributed by atoms with van der Waals surface area (Å²) in [7, 11) is 0. The maximum atomic E-state index is 12.9. The Hall–Kier alpha value is -1.98. The largest absolute Gasteiger partial charge is 0.467 e. The molecular weight excluding hydrogens is 363 g/mol. The Morgan fingerprint density at radius 1 is 1.20 bits per heavy atom. The van der Waals surface area contributed by atoms with Gasteiger partial charge < -0.3 is 14.6 Å². The van der Waals surface area contributed by atoms with E-state index in [-0.39, 0.29) is 24.9 Å². The van der Waals surface area contributed by atoms with Gasteiger partial charge in [0.2, 0.25) is 11.8 Å². The van der Waals surface area contributed by atoms with Gasteiger partial charge in [-0.3, -0.25) is 9.59 Å². The standard InChI is InChI=1S/C18H18Cl2N2O3/c1-17(12-18(17,19)20)16(24)22(10-14-8-5-9-25-14)11-15(23)21-13-6-3-2-4-7-13/h2-9H,10-12H2,1H3,(H,21,23). The zero-order valence-electron chi connectivity index (χ0n) is 13.7. The highest BCUT2D eigenvalue weighted by Gasteiger charge is 2.68. The van der Waals surface area contributed by atoms with Crippen LogP contribution in [0.5, 0.6) is 0 Å². The van der Waals surface area contributed by atoms with Crippen molar-refractivity contribution in [2.75, 3.05) is 11.9 Å². The molecule has 5 nitrogen and oxygen atoms in total. The number of nitrogens with zero attached hydrogens (tertiary/aromatic N) is 1. The van der Waals surface area contributed by atoms with Crippen molar-refractivity contribution in [3.8, 4) is 0 Å². The molecule has 1 fully saturated rings. The molecule has 0 aliphatic heterocycles. The number of rotatable bonds is 6. The lowest BCUT2D eigenvalue weighted by Gasteiger charge is -2.25. The van der Waals surface area contributed by atoms with Crippen LogP contribution in [0.15, 0.2) is 53.1 Å². The lowest BCUT2D eigenvalue weighted by atomic mass is 10.1. The van der Waals surface area contributed by atoms with Gasteiger partial charge in [0, 0.05) is 5.69 Å². The summed E-state index contributed by atoms with van der Waals surface area (Å²) in [5.41, 5.74) is -0.227. The minimum absolute atomic E-state index is 0.117. The molecule has 1 atom stereocenters. The maximum absolute atomic E-state index is 12.9. The SMILES string of the molecule is CC1(C(=O)N(CC(=O)Nc2ccccc2)Cc2ccco2)CC1(Cl)Cl. The van der Waals surface area contributed by atoms with E-state index in [4.69, 9.17) is 27.6 Å². The molecule has 1 aliphatic carbocycles. The summed E-state index contributed by atoms with van der Waals surface area (Å²) in [6.45, 7) is 1.76. The molecule has 1 aliphatic rings. The van der Waals surface area contributed by atoms with Crippen LogP contribution >= 0.6 is 23.2 Å². The van der Waals surface area contributed by atoms with Gasteiger partial charge in [-0.1, -0.05) is 18.2 Å². The van der Waals surface area contributed by atoms with E-state index in [1.807, 2.05) is 18.2 Å². The zero-order chi connectivity index (χ0) is 18.1. The minimum Gasteiger partial charge on any atom is -0.467 e. The third-order valence-electron chi connectivity index (χ3n) is 4.34. The van der Waals surface area contributed by atoms with Gasteiger partial charge in [0.1, 0.15) is 16.6 Å². The Bertz CT molecular complexity index is 762. The van der Waals surface area contributed by atoms with E-state index < -0.39 is 9.75 Å². The molecule has 3 rings (SSSR count). The summed E-state index contributed by atoms with van der Waals surface area (Å²) in [4.78, 5) is 26.7. The molecule has 0 saturated heterocycles. The van der Waals surface area contributed by atoms with E-state index in [1.54, 1.807) is 31.2 Å². The second-order valence-corrected chi connectivity index (χ2v) is 7.85. The van der Waals surface area contributed by atoms with Crippen LogP contribution in [0.1, 0.15) is 19.1 Å². The number of benzene rings is 1. The highest BCUT2D eigenvalue weighted by Crippen LogP contribution is 2.64. The number of carbonyl (C=O) groups is 2. The van der Waals surface area contributed by atoms with Crippen LogP contribution in [0.2, 0.25) is 0 Å². The van der Waals surface area contributed by atoms with Gasteiger partial charge in [0.15, 0.2) is 0 Å². The van der Waals surface area contributed by atoms with Crippen molar-refractivity contribution in [2.24, 2.45) is 5.41 Å². The molecule has 0 radical (unpaired) electrons. The second-order valence-electron chi connectivity index (χ2n) is 6.37. The highest BCUT2D eigenvalue weighted by molar-refractivity contribution is 6.53. The van der Waals surface area contributed by atoms with E-state index in [2.05, 4.69) is 5.32 Å². The summed E-state index contributed by atoms with van der Waals surface area (Å²) in [5, 5.41) is 2.77. The van der Waals surface area contributed by atoms with Gasteiger partial charge in [-0.2, -0.15) is 0 Å². The Morgan fingerprint density at radius 2 is 1.88 bits per heavy atom. The third kappa shape index (κ3) is 3.83. The molecule has 1 aromatic carbocycles. The number of amides is 2. The Balaban J connectivity index is 1.72. The average molecular weight is 381 g/mol. The molecule has 132 valence electrons. The molecule has 1 unspecified atom stereocenters. The van der Waals surface area contributed by atoms with Crippen LogP contribution < -0.4 is 5.32 Å². The van der Waals surface area contributed by atoms with Crippen LogP contribution in [-0.4, -0.2) is 27.6 Å². The molecule has 0 spiro atoms. The smallest absolute Gasteiger partial charge is 0.244 e. The van der Waals surface area contributed by atoms with E-state index >= 15 is 0 Å². The molecular formula is C18H18Cl2N2O3. The van der Waals surface area contributed by atoms with E-state index in [0.29, 0.717) is 17.9 Å². The molecule has 1 N–H and O–H groups in total. The number of carbonyl (C=O) groups excluding carboxylic acids is 2. The predicted molar refractivity (Wildman–Crippen MR) is 96.4 cm³/mol. The molecule has 1 heterocycles. The quantitative estimate of drug-likeness (QED) is 0.774. The first kappa shape index (κ1) is 17.8.